The van der Waals surface area contributed by atoms with Crippen molar-refractivity contribution in [1.82, 2.24) is 4.98 Å². The molecule has 6 nitrogen and oxygen atoms in total. The van der Waals surface area contributed by atoms with Crippen molar-refractivity contribution >= 4 is 45.0 Å². The van der Waals surface area contributed by atoms with Crippen molar-refractivity contribution in [3.8, 4) is 0 Å². The number of nitrogens with one attached hydrogen (secondary N) is 1. The Bertz CT molecular complexity index is 709. The van der Waals surface area contributed by atoms with Gasteiger partial charge in [-0.15, -0.1) is 0 Å². The minimum Gasteiger partial charge on any atom is -0.325 e. The van der Waals surface area contributed by atoms with Gasteiger partial charge >= 0.3 is 5.69 Å². The third-order valence-electron chi connectivity index (χ3n) is 2.41. The Morgan fingerprint density at radius 3 is 2.86 bits per heavy atom. The zero-order valence-corrected chi connectivity index (χ0v) is 13.3. The first-order valence-corrected chi connectivity index (χ1v) is 7.42. The molecule has 1 heterocycles. The Labute approximate surface area is 133 Å². The van der Waals surface area contributed by atoms with Crippen molar-refractivity contribution in [2.75, 3.05) is 5.32 Å². The monoisotopic (exact) mass is 367 g/mol. The van der Waals surface area contributed by atoms with Crippen molar-refractivity contribution < 1.29 is 9.72 Å². The van der Waals surface area contributed by atoms with Crippen LogP contribution in [0.2, 0.25) is 0 Å². The lowest BCUT2D eigenvalue weighted by Gasteiger charge is -2.09. The zero-order chi connectivity index (χ0) is 15.4. The Hall–Kier alpha value is -1.93. The Balaban J connectivity index is 2.41. The molecular formula is C13H10BrN3O3S. The molecule has 2 aromatic rings. The van der Waals surface area contributed by atoms with Gasteiger partial charge in [0.1, 0.15) is 0 Å². The number of anilines is 1. The van der Waals surface area contributed by atoms with Gasteiger partial charge in [-0.05, 0) is 24.3 Å². The van der Waals surface area contributed by atoms with Crippen LogP contribution >= 0.6 is 27.7 Å². The number of hydrogen-bond acceptors (Lipinski definition) is 5. The molecule has 0 fully saturated rings. The number of nitro groups is 1. The minimum absolute atomic E-state index is 0.0729. The number of benzene rings is 1. The van der Waals surface area contributed by atoms with Gasteiger partial charge in [0, 0.05) is 28.6 Å². The number of rotatable bonds is 4. The van der Waals surface area contributed by atoms with E-state index in [1.807, 2.05) is 0 Å². The van der Waals surface area contributed by atoms with Gasteiger partial charge in [0.25, 0.3) is 0 Å². The molecule has 8 heteroatoms. The lowest BCUT2D eigenvalue weighted by molar-refractivity contribution is -0.388. The maximum absolute atomic E-state index is 11.2. The van der Waals surface area contributed by atoms with E-state index in [0.717, 1.165) is 16.2 Å². The predicted molar refractivity (Wildman–Crippen MR) is 83.5 cm³/mol. The van der Waals surface area contributed by atoms with Crippen LogP contribution in [0.5, 0.6) is 0 Å². The highest BCUT2D eigenvalue weighted by Gasteiger charge is 2.17. The van der Waals surface area contributed by atoms with E-state index in [2.05, 4.69) is 26.2 Å². The number of pyridine rings is 1. The highest BCUT2D eigenvalue weighted by Crippen LogP contribution is 2.38. The molecule has 2 rings (SSSR count). The molecule has 1 N–H and O–H groups in total. The summed E-state index contributed by atoms with van der Waals surface area (Å²) in [5.41, 5.74) is 0.506. The van der Waals surface area contributed by atoms with Gasteiger partial charge in [-0.25, -0.2) is 4.98 Å². The molecular weight excluding hydrogens is 358 g/mol. The van der Waals surface area contributed by atoms with E-state index in [1.165, 1.54) is 25.3 Å². The molecule has 0 spiro atoms. The van der Waals surface area contributed by atoms with Gasteiger partial charge < -0.3 is 5.32 Å². The fourth-order valence-corrected chi connectivity index (χ4v) is 3.07. The molecule has 0 saturated carbocycles. The number of carbonyl (C=O) groups excluding carboxylic acids is 1. The molecule has 0 aliphatic heterocycles. The summed E-state index contributed by atoms with van der Waals surface area (Å²) in [7, 11) is 0. The summed E-state index contributed by atoms with van der Waals surface area (Å²) in [6.07, 6.45) is 1.49. The van der Waals surface area contributed by atoms with Gasteiger partial charge in [0.15, 0.2) is 5.03 Å². The summed E-state index contributed by atoms with van der Waals surface area (Å²) in [6, 6.07) is 8.18. The molecule has 108 valence electrons. The summed E-state index contributed by atoms with van der Waals surface area (Å²) in [5.74, 6) is -0.213. The summed E-state index contributed by atoms with van der Waals surface area (Å²) < 4.78 is 0.803. The number of carbonyl (C=O) groups is 1. The van der Waals surface area contributed by atoms with Crippen LogP contribution in [-0.4, -0.2) is 15.8 Å². The number of halogens is 1. The van der Waals surface area contributed by atoms with Gasteiger partial charge in [0.05, 0.1) is 10.6 Å². The first-order valence-electron chi connectivity index (χ1n) is 5.82. The highest BCUT2D eigenvalue weighted by molar-refractivity contribution is 9.10. The van der Waals surface area contributed by atoms with Gasteiger partial charge in [-0.2, -0.15) is 0 Å². The highest BCUT2D eigenvalue weighted by atomic mass is 79.9. The molecule has 1 aromatic heterocycles. The third-order valence-corrected chi connectivity index (χ3v) is 3.97. The van der Waals surface area contributed by atoms with E-state index in [0.29, 0.717) is 10.6 Å². The minimum atomic E-state index is -0.481. The maximum Gasteiger partial charge on any atom is 0.301 e. The average Bonchev–Trinajstić information content (AvgIpc) is 2.42. The normalized spacial score (nSPS) is 10.2. The van der Waals surface area contributed by atoms with Crippen LogP contribution in [0.1, 0.15) is 6.92 Å². The van der Waals surface area contributed by atoms with Crippen molar-refractivity contribution in [3.05, 3.63) is 51.1 Å². The van der Waals surface area contributed by atoms with Crippen molar-refractivity contribution in [2.45, 2.75) is 16.8 Å². The van der Waals surface area contributed by atoms with Crippen LogP contribution < -0.4 is 5.32 Å². The second-order valence-electron chi connectivity index (χ2n) is 4.01. The zero-order valence-electron chi connectivity index (χ0n) is 10.9. The quantitative estimate of drug-likeness (QED) is 0.654. The molecule has 0 unspecified atom stereocenters. The summed E-state index contributed by atoms with van der Waals surface area (Å²) in [5, 5.41) is 14.0. The first kappa shape index (κ1) is 15.5. The Morgan fingerprint density at radius 1 is 1.43 bits per heavy atom. The smallest absolute Gasteiger partial charge is 0.301 e. The number of aromatic nitrogens is 1. The van der Waals surface area contributed by atoms with Crippen LogP contribution in [0.4, 0.5) is 11.4 Å². The topological polar surface area (TPSA) is 85.1 Å². The molecule has 0 aliphatic rings. The molecule has 0 radical (unpaired) electrons. The second kappa shape index (κ2) is 6.68. The predicted octanol–water partition coefficient (Wildman–Crippen LogP) is 3.86. The standard InChI is InChI=1S/C13H10BrN3O3S/c1-8(18)16-10-5-4-9(14)7-12(10)21-13-11(17(19)20)3-2-6-15-13/h2-7H,1H3,(H,16,18). The van der Waals surface area contributed by atoms with Crippen LogP contribution in [0.3, 0.4) is 0 Å². The molecule has 0 bridgehead atoms. The first-order chi connectivity index (χ1) is 9.97. The van der Waals surface area contributed by atoms with Crippen LogP contribution in [-0.2, 0) is 4.79 Å². The van der Waals surface area contributed by atoms with Crippen LogP contribution in [0, 0.1) is 10.1 Å². The molecule has 0 saturated heterocycles. The van der Waals surface area contributed by atoms with E-state index in [4.69, 9.17) is 0 Å². The number of nitrogens with zero attached hydrogens (tertiary/aromatic N) is 2. The van der Waals surface area contributed by atoms with E-state index in [9.17, 15) is 14.9 Å². The van der Waals surface area contributed by atoms with E-state index < -0.39 is 4.92 Å². The summed E-state index contributed by atoms with van der Waals surface area (Å²) in [6.45, 7) is 1.40. The largest absolute Gasteiger partial charge is 0.325 e. The molecule has 0 aliphatic carbocycles. The molecule has 21 heavy (non-hydrogen) atoms. The fraction of sp³-hybridized carbons (Fsp3) is 0.0769. The lowest BCUT2D eigenvalue weighted by atomic mass is 10.3. The lowest BCUT2D eigenvalue weighted by Crippen LogP contribution is -2.06. The van der Waals surface area contributed by atoms with Gasteiger partial charge in [0.2, 0.25) is 5.91 Å². The maximum atomic E-state index is 11.2. The Morgan fingerprint density at radius 2 is 2.19 bits per heavy atom. The van der Waals surface area contributed by atoms with Crippen molar-refractivity contribution in [3.63, 3.8) is 0 Å². The van der Waals surface area contributed by atoms with Gasteiger partial charge in [-0.1, -0.05) is 27.7 Å². The van der Waals surface area contributed by atoms with Crippen LogP contribution in [0.15, 0.2) is 50.9 Å². The van der Waals surface area contributed by atoms with Crippen molar-refractivity contribution in [1.29, 1.82) is 0 Å². The average molecular weight is 368 g/mol. The number of hydrogen-bond donors (Lipinski definition) is 1. The fourth-order valence-electron chi connectivity index (χ4n) is 1.58. The number of amides is 1. The van der Waals surface area contributed by atoms with E-state index in [1.54, 1.807) is 18.2 Å². The van der Waals surface area contributed by atoms with E-state index in [-0.39, 0.29) is 16.6 Å². The van der Waals surface area contributed by atoms with E-state index >= 15 is 0 Å². The molecule has 1 amide bonds. The summed E-state index contributed by atoms with van der Waals surface area (Å²) in [4.78, 5) is 26.5. The second-order valence-corrected chi connectivity index (χ2v) is 5.95. The third kappa shape index (κ3) is 4.02. The molecule has 0 atom stereocenters. The molecule has 1 aromatic carbocycles. The Kier molecular flexibility index (Phi) is 4.92. The van der Waals surface area contributed by atoms with Gasteiger partial charge in [-0.3, -0.25) is 14.9 Å². The van der Waals surface area contributed by atoms with Crippen molar-refractivity contribution in [2.24, 2.45) is 0 Å². The van der Waals surface area contributed by atoms with Crippen LogP contribution in [0.25, 0.3) is 0 Å². The SMILES string of the molecule is CC(=O)Nc1ccc(Br)cc1Sc1ncccc1[N+](=O)[O-]. The summed E-state index contributed by atoms with van der Waals surface area (Å²) >= 11 is 4.47.